The van der Waals surface area contributed by atoms with Gasteiger partial charge in [0.1, 0.15) is 0 Å². The summed E-state index contributed by atoms with van der Waals surface area (Å²) in [6, 6.07) is 20.7. The maximum atomic E-state index is 13.9. The zero-order valence-electron chi connectivity index (χ0n) is 20.5. The Bertz CT molecular complexity index is 1710. The molecule has 0 atom stereocenters. The van der Waals surface area contributed by atoms with Gasteiger partial charge in [-0.1, -0.05) is 60.7 Å². The van der Waals surface area contributed by atoms with Crippen LogP contribution in [0.3, 0.4) is 0 Å². The van der Waals surface area contributed by atoms with Gasteiger partial charge in [-0.25, -0.2) is 4.79 Å². The first-order valence-corrected chi connectivity index (χ1v) is 12.2. The molecule has 0 saturated heterocycles. The zero-order chi connectivity index (χ0) is 27.1. The van der Waals surface area contributed by atoms with Crippen molar-refractivity contribution in [1.82, 2.24) is 14.0 Å². The monoisotopic (exact) mass is 636 g/mol. The second-order valence-electron chi connectivity index (χ2n) is 8.60. The number of carbonyl (C=O) groups excluding carboxylic acids is 2. The van der Waals surface area contributed by atoms with E-state index >= 15 is 0 Å². The molecule has 0 aliphatic carbocycles. The summed E-state index contributed by atoms with van der Waals surface area (Å²) in [6.45, 7) is 0. The predicted molar refractivity (Wildman–Crippen MR) is 142 cm³/mol. The number of azo groups is 1. The molecule has 10 nitrogen and oxygen atoms in total. The number of nitrogens with zero attached hydrogens (tertiary/aromatic N) is 5. The molecule has 1 radical (unpaired) electrons. The molecule has 0 bridgehead atoms. The van der Waals surface area contributed by atoms with E-state index in [9.17, 15) is 24.3 Å². The average molecular weight is 638 g/mol. The number of fused-ring (bicyclic) bond motifs is 1. The first kappa shape index (κ1) is 27.9. The van der Waals surface area contributed by atoms with E-state index in [-0.39, 0.29) is 33.9 Å². The smallest absolute Gasteiger partial charge is 0.493 e. The molecule has 199 valence electrons. The molecular weight excluding hydrogens is 618 g/mol. The van der Waals surface area contributed by atoms with Crippen LogP contribution in [0.25, 0.3) is 0 Å². The minimum atomic E-state index is -0.861. The Hall–Kier alpha value is -4.12. The van der Waals surface area contributed by atoms with Gasteiger partial charge in [0.25, 0.3) is 17.4 Å². The van der Waals surface area contributed by atoms with Crippen molar-refractivity contribution in [2.45, 2.75) is 6.04 Å². The average Bonchev–Trinajstić information content (AvgIpc) is 3.20. The van der Waals surface area contributed by atoms with Crippen LogP contribution in [0.1, 0.15) is 37.9 Å². The van der Waals surface area contributed by atoms with Crippen molar-refractivity contribution < 1.29 is 31.8 Å². The Labute approximate surface area is 240 Å². The second kappa shape index (κ2) is 10.9. The van der Waals surface area contributed by atoms with Crippen LogP contribution in [-0.2, 0) is 31.2 Å². The van der Waals surface area contributed by atoms with Gasteiger partial charge in [-0.15, -0.1) is 10.2 Å². The molecule has 0 unspecified atom stereocenters. The number of imide groups is 1. The molecule has 0 spiro atoms. The number of rotatable bonds is 5. The number of amides is 2. The fraction of sp³-hybridized carbons (Fsp3) is 0.111. The van der Waals surface area contributed by atoms with Gasteiger partial charge < -0.3 is 5.11 Å². The summed E-state index contributed by atoms with van der Waals surface area (Å²) in [5.74, 6) is -1.78. The van der Waals surface area contributed by atoms with E-state index in [1.54, 1.807) is 6.07 Å². The summed E-state index contributed by atoms with van der Waals surface area (Å²) in [6.07, 6.45) is 0. The Morgan fingerprint density at radius 3 is 1.85 bits per heavy atom. The number of aromatic hydroxyl groups is 1. The third-order valence-electron chi connectivity index (χ3n) is 6.35. The van der Waals surface area contributed by atoms with Crippen LogP contribution in [0.2, 0.25) is 0 Å². The standard InChI is InChI=1S/C27H20BrN5O5.Cu/c1-31-25(36)21(26(37)32(2)27(31)38)30-29-18-14-13-17(28)19-20(18)24(35)33(23(19)34)22(15-9-5-3-6-10-15)16-11-7-4-8-12-16;/h3-14,22,36H,1-2H3;/q;+2. The fourth-order valence-corrected chi connectivity index (χ4v) is 4.91. The van der Waals surface area contributed by atoms with E-state index in [4.69, 9.17) is 0 Å². The Kier molecular flexibility index (Phi) is 7.82. The van der Waals surface area contributed by atoms with Crippen LogP contribution < -0.4 is 11.2 Å². The van der Waals surface area contributed by atoms with Crippen molar-refractivity contribution in [3.8, 4) is 5.88 Å². The first-order chi connectivity index (χ1) is 18.2. The molecule has 2 heterocycles. The van der Waals surface area contributed by atoms with Gasteiger partial charge in [-0.3, -0.25) is 28.4 Å². The van der Waals surface area contributed by atoms with Crippen LogP contribution >= 0.6 is 15.9 Å². The van der Waals surface area contributed by atoms with Gasteiger partial charge in [0.05, 0.1) is 22.9 Å². The summed E-state index contributed by atoms with van der Waals surface area (Å²) in [7, 11) is 2.52. The summed E-state index contributed by atoms with van der Waals surface area (Å²) >= 11 is 3.38. The second-order valence-corrected chi connectivity index (χ2v) is 9.45. The SMILES string of the molecule is Cn1c(O)c(N=Nc2ccc(Br)c3c2C(=O)N(C(c2ccccc2)c2ccccc2)C3=O)c(=O)n(C)c1=O.[Cu+2]. The third kappa shape index (κ3) is 4.67. The Balaban J connectivity index is 0.00000353. The van der Waals surface area contributed by atoms with Gasteiger partial charge >= 0.3 is 22.8 Å². The van der Waals surface area contributed by atoms with Gasteiger partial charge in [-0.05, 0) is 39.2 Å². The van der Waals surface area contributed by atoms with Crippen molar-refractivity contribution >= 4 is 39.1 Å². The van der Waals surface area contributed by atoms with Crippen molar-refractivity contribution in [1.29, 1.82) is 0 Å². The van der Waals surface area contributed by atoms with Gasteiger partial charge in [0, 0.05) is 18.6 Å². The molecule has 4 aromatic rings. The number of hydrogen-bond donors (Lipinski definition) is 1. The van der Waals surface area contributed by atoms with Crippen molar-refractivity contribution in [3.05, 3.63) is 120 Å². The van der Waals surface area contributed by atoms with Crippen LogP contribution in [0.4, 0.5) is 11.4 Å². The minimum Gasteiger partial charge on any atom is -0.493 e. The van der Waals surface area contributed by atoms with Gasteiger partial charge in [-0.2, -0.15) is 0 Å². The van der Waals surface area contributed by atoms with Crippen LogP contribution in [0.5, 0.6) is 5.88 Å². The molecule has 1 aliphatic heterocycles. The Morgan fingerprint density at radius 1 is 0.744 bits per heavy atom. The normalized spacial score (nSPS) is 12.8. The molecule has 39 heavy (non-hydrogen) atoms. The quantitative estimate of drug-likeness (QED) is 0.198. The molecular formula is C27H20BrCuN5O5+2. The van der Waals surface area contributed by atoms with Crippen molar-refractivity contribution in [2.24, 2.45) is 24.3 Å². The van der Waals surface area contributed by atoms with Crippen LogP contribution in [0, 0.1) is 0 Å². The first-order valence-electron chi connectivity index (χ1n) is 11.4. The topological polar surface area (TPSA) is 126 Å². The van der Waals surface area contributed by atoms with E-state index < -0.39 is 40.7 Å². The van der Waals surface area contributed by atoms with E-state index in [0.717, 1.165) is 20.3 Å². The summed E-state index contributed by atoms with van der Waals surface area (Å²) in [5.41, 5.74) is -0.449. The summed E-state index contributed by atoms with van der Waals surface area (Å²) < 4.78 is 2.02. The van der Waals surface area contributed by atoms with E-state index in [0.29, 0.717) is 4.47 Å². The number of hydrogen-bond acceptors (Lipinski definition) is 7. The fourth-order valence-electron chi connectivity index (χ4n) is 4.41. The van der Waals surface area contributed by atoms with Crippen molar-refractivity contribution in [2.75, 3.05) is 0 Å². The maximum absolute atomic E-state index is 13.9. The molecule has 3 aromatic carbocycles. The molecule has 1 aromatic heterocycles. The van der Waals surface area contributed by atoms with Crippen molar-refractivity contribution in [3.63, 3.8) is 0 Å². The minimum absolute atomic E-state index is 0. The number of halogens is 1. The summed E-state index contributed by atoms with van der Waals surface area (Å²) in [4.78, 5) is 53.4. The molecule has 2 amide bonds. The maximum Gasteiger partial charge on any atom is 2.00 e. The molecule has 5 rings (SSSR count). The van der Waals surface area contributed by atoms with Gasteiger partial charge in [0.15, 0.2) is 0 Å². The summed E-state index contributed by atoms with van der Waals surface area (Å²) in [5, 5.41) is 18.3. The van der Waals surface area contributed by atoms with E-state index in [2.05, 4.69) is 26.2 Å². The van der Waals surface area contributed by atoms with Crippen LogP contribution in [-0.4, -0.2) is 31.0 Å². The van der Waals surface area contributed by atoms with E-state index in [1.165, 1.54) is 25.1 Å². The Morgan fingerprint density at radius 2 is 1.28 bits per heavy atom. The van der Waals surface area contributed by atoms with Crippen LogP contribution in [0.15, 0.2) is 97.1 Å². The van der Waals surface area contributed by atoms with Gasteiger partial charge in [0.2, 0.25) is 11.6 Å². The number of aromatic nitrogens is 2. The molecule has 1 aliphatic rings. The number of carbonyl (C=O) groups is 2. The molecule has 1 N–H and O–H groups in total. The zero-order valence-corrected chi connectivity index (χ0v) is 23.0. The van der Waals surface area contributed by atoms with E-state index in [1.807, 2.05) is 60.7 Å². The molecule has 0 saturated carbocycles. The number of benzene rings is 3. The largest absolute Gasteiger partial charge is 2.00 e. The predicted octanol–water partition coefficient (Wildman–Crippen LogP) is 4.35. The molecule has 0 fully saturated rings. The third-order valence-corrected chi connectivity index (χ3v) is 7.02. The molecule has 12 heteroatoms.